The third kappa shape index (κ3) is 3.17. The van der Waals surface area contributed by atoms with Crippen LogP contribution in [0.25, 0.3) is 0 Å². The standard InChI is InChI=1S/C12H16N2O3/c15-14(16)6-5-11-3-1-2-4-12(11)13-7-9-17-10-8-13/h1-4H,5-10H2. The molecule has 1 aromatic rings. The van der Waals surface area contributed by atoms with Crippen molar-refractivity contribution in [2.24, 2.45) is 0 Å². The van der Waals surface area contributed by atoms with Gasteiger partial charge in [-0.3, -0.25) is 10.1 Å². The third-order valence-electron chi connectivity index (χ3n) is 2.91. The molecule has 0 spiro atoms. The molecule has 1 aliphatic heterocycles. The van der Waals surface area contributed by atoms with Gasteiger partial charge < -0.3 is 9.64 Å². The van der Waals surface area contributed by atoms with Crippen molar-refractivity contribution < 1.29 is 9.66 Å². The number of hydrogen-bond acceptors (Lipinski definition) is 4. The van der Waals surface area contributed by atoms with Crippen LogP contribution in [0.3, 0.4) is 0 Å². The summed E-state index contributed by atoms with van der Waals surface area (Å²) in [7, 11) is 0. The van der Waals surface area contributed by atoms with Gasteiger partial charge in [0.2, 0.25) is 6.54 Å². The van der Waals surface area contributed by atoms with Crippen LogP contribution in [-0.4, -0.2) is 37.8 Å². The molecule has 0 amide bonds. The number of nitro groups is 1. The van der Waals surface area contributed by atoms with E-state index in [9.17, 15) is 10.1 Å². The smallest absolute Gasteiger partial charge is 0.207 e. The highest BCUT2D eigenvalue weighted by Crippen LogP contribution is 2.21. The zero-order valence-electron chi connectivity index (χ0n) is 9.67. The van der Waals surface area contributed by atoms with E-state index >= 15 is 0 Å². The summed E-state index contributed by atoms with van der Waals surface area (Å²) in [5.41, 5.74) is 2.16. The van der Waals surface area contributed by atoms with Crippen molar-refractivity contribution in [2.45, 2.75) is 6.42 Å². The summed E-state index contributed by atoms with van der Waals surface area (Å²) < 4.78 is 5.31. The molecule has 0 saturated carbocycles. The number of anilines is 1. The molecule has 1 aromatic carbocycles. The van der Waals surface area contributed by atoms with Crippen molar-refractivity contribution in [1.29, 1.82) is 0 Å². The zero-order valence-corrected chi connectivity index (χ0v) is 9.67. The van der Waals surface area contributed by atoms with Crippen molar-refractivity contribution in [1.82, 2.24) is 0 Å². The minimum absolute atomic E-state index is 0.0125. The lowest BCUT2D eigenvalue weighted by Crippen LogP contribution is -2.36. The average molecular weight is 236 g/mol. The van der Waals surface area contributed by atoms with Crippen LogP contribution in [0, 0.1) is 10.1 Å². The van der Waals surface area contributed by atoms with Crippen molar-refractivity contribution >= 4 is 5.69 Å². The largest absolute Gasteiger partial charge is 0.378 e. The Balaban J connectivity index is 2.11. The van der Waals surface area contributed by atoms with Gasteiger partial charge in [0, 0.05) is 30.1 Å². The minimum Gasteiger partial charge on any atom is -0.378 e. The van der Waals surface area contributed by atoms with Crippen molar-refractivity contribution in [3.05, 3.63) is 39.9 Å². The number of rotatable bonds is 4. The Hall–Kier alpha value is -1.62. The molecule has 0 atom stereocenters. The summed E-state index contributed by atoms with van der Waals surface area (Å²) in [6.45, 7) is 3.15. The predicted molar refractivity (Wildman–Crippen MR) is 65.0 cm³/mol. The van der Waals surface area contributed by atoms with Crippen molar-refractivity contribution in [2.75, 3.05) is 37.7 Å². The van der Waals surface area contributed by atoms with E-state index in [1.165, 1.54) is 0 Å². The number of morpholine rings is 1. The molecule has 1 fully saturated rings. The van der Waals surface area contributed by atoms with Gasteiger partial charge >= 0.3 is 0 Å². The minimum atomic E-state index is -0.268. The summed E-state index contributed by atoms with van der Waals surface area (Å²) in [6, 6.07) is 7.90. The molecule has 1 aliphatic rings. The Bertz CT molecular complexity index is 389. The molecule has 5 nitrogen and oxygen atoms in total. The third-order valence-corrected chi connectivity index (χ3v) is 2.91. The second kappa shape index (κ2) is 5.63. The molecule has 0 aromatic heterocycles. The van der Waals surface area contributed by atoms with E-state index in [-0.39, 0.29) is 11.5 Å². The summed E-state index contributed by atoms with van der Waals surface area (Å²) in [6.07, 6.45) is 0.487. The first-order valence-corrected chi connectivity index (χ1v) is 5.80. The summed E-state index contributed by atoms with van der Waals surface area (Å²) in [5.74, 6) is 0. The first-order valence-electron chi connectivity index (χ1n) is 5.80. The molecular weight excluding hydrogens is 220 g/mol. The molecule has 2 rings (SSSR count). The van der Waals surface area contributed by atoms with Crippen LogP contribution >= 0.6 is 0 Å². The maximum absolute atomic E-state index is 10.4. The predicted octanol–water partition coefficient (Wildman–Crippen LogP) is 1.34. The molecule has 0 bridgehead atoms. The number of ether oxygens (including phenoxy) is 1. The van der Waals surface area contributed by atoms with Crippen molar-refractivity contribution in [3.63, 3.8) is 0 Å². The molecule has 1 heterocycles. The van der Waals surface area contributed by atoms with E-state index < -0.39 is 0 Å². The van der Waals surface area contributed by atoms with Crippen LogP contribution < -0.4 is 4.90 Å². The molecule has 0 radical (unpaired) electrons. The quantitative estimate of drug-likeness (QED) is 0.585. The van der Waals surface area contributed by atoms with Crippen molar-refractivity contribution in [3.8, 4) is 0 Å². The lowest BCUT2D eigenvalue weighted by Gasteiger charge is -2.30. The fourth-order valence-electron chi connectivity index (χ4n) is 2.05. The Labute approximate surface area is 100 Å². The molecule has 0 unspecified atom stereocenters. The maximum Gasteiger partial charge on any atom is 0.207 e. The Morgan fingerprint density at radius 1 is 1.29 bits per heavy atom. The SMILES string of the molecule is O=[N+]([O-])CCc1ccccc1N1CCOCC1. The highest BCUT2D eigenvalue weighted by Gasteiger charge is 2.14. The molecule has 92 valence electrons. The molecule has 17 heavy (non-hydrogen) atoms. The fraction of sp³-hybridized carbons (Fsp3) is 0.500. The van der Waals surface area contributed by atoms with Gasteiger partial charge in [0.05, 0.1) is 13.2 Å². The molecule has 1 saturated heterocycles. The number of nitrogens with zero attached hydrogens (tertiary/aromatic N) is 2. The van der Waals surface area contributed by atoms with E-state index in [0.29, 0.717) is 6.42 Å². The van der Waals surface area contributed by atoms with Gasteiger partial charge in [-0.05, 0) is 11.6 Å². The summed E-state index contributed by atoms with van der Waals surface area (Å²) in [4.78, 5) is 12.4. The number of benzene rings is 1. The lowest BCUT2D eigenvalue weighted by atomic mass is 10.1. The van der Waals surface area contributed by atoms with Gasteiger partial charge in [0.25, 0.3) is 0 Å². The molecular formula is C12H16N2O3. The van der Waals surface area contributed by atoms with Crippen LogP contribution in [0.5, 0.6) is 0 Å². The second-order valence-electron chi connectivity index (χ2n) is 4.03. The fourth-order valence-corrected chi connectivity index (χ4v) is 2.05. The number of para-hydroxylation sites is 1. The van der Waals surface area contributed by atoms with E-state index in [4.69, 9.17) is 4.74 Å². The molecule has 0 N–H and O–H groups in total. The first kappa shape index (κ1) is 11.9. The van der Waals surface area contributed by atoms with E-state index in [1.807, 2.05) is 24.3 Å². The molecule has 5 heteroatoms. The van der Waals surface area contributed by atoms with Crippen LogP contribution in [0.2, 0.25) is 0 Å². The maximum atomic E-state index is 10.4. The van der Waals surface area contributed by atoms with Gasteiger partial charge in [-0.1, -0.05) is 18.2 Å². The number of hydrogen-bond donors (Lipinski definition) is 0. The normalized spacial score (nSPS) is 15.9. The van der Waals surface area contributed by atoms with Gasteiger partial charge in [-0.15, -0.1) is 0 Å². The highest BCUT2D eigenvalue weighted by molar-refractivity contribution is 5.54. The summed E-state index contributed by atoms with van der Waals surface area (Å²) in [5, 5.41) is 10.4. The van der Waals surface area contributed by atoms with Crippen LogP contribution in [0.15, 0.2) is 24.3 Å². The van der Waals surface area contributed by atoms with Crippen LogP contribution in [0.1, 0.15) is 5.56 Å². The van der Waals surface area contributed by atoms with E-state index in [2.05, 4.69) is 4.90 Å². The average Bonchev–Trinajstić information content (AvgIpc) is 2.38. The monoisotopic (exact) mass is 236 g/mol. The Kier molecular flexibility index (Phi) is 3.93. The molecule has 0 aliphatic carbocycles. The Morgan fingerprint density at radius 2 is 2.00 bits per heavy atom. The van der Waals surface area contributed by atoms with E-state index in [1.54, 1.807) is 0 Å². The summed E-state index contributed by atoms with van der Waals surface area (Å²) >= 11 is 0. The highest BCUT2D eigenvalue weighted by atomic mass is 16.6. The van der Waals surface area contributed by atoms with Gasteiger partial charge in [-0.25, -0.2) is 0 Å². The topological polar surface area (TPSA) is 55.6 Å². The van der Waals surface area contributed by atoms with Gasteiger partial charge in [0.15, 0.2) is 0 Å². The van der Waals surface area contributed by atoms with Gasteiger partial charge in [-0.2, -0.15) is 0 Å². The second-order valence-corrected chi connectivity index (χ2v) is 4.03. The van der Waals surface area contributed by atoms with Crippen LogP contribution in [0.4, 0.5) is 5.69 Å². The van der Waals surface area contributed by atoms with Gasteiger partial charge in [0.1, 0.15) is 0 Å². The lowest BCUT2D eigenvalue weighted by molar-refractivity contribution is -0.479. The van der Waals surface area contributed by atoms with E-state index in [0.717, 1.165) is 37.6 Å². The zero-order chi connectivity index (χ0) is 12.1. The first-order chi connectivity index (χ1) is 8.27. The Morgan fingerprint density at radius 3 is 2.71 bits per heavy atom. The van der Waals surface area contributed by atoms with Crippen LogP contribution in [-0.2, 0) is 11.2 Å².